The molecule has 0 aliphatic heterocycles. The number of carbonyl (C=O) groups is 1. The van der Waals surface area contributed by atoms with E-state index in [0.717, 1.165) is 19.9 Å². The molecule has 3 aromatic carbocycles. The van der Waals surface area contributed by atoms with Gasteiger partial charge >= 0.3 is 0 Å². The molecule has 10 nitrogen and oxygen atoms in total. The van der Waals surface area contributed by atoms with E-state index < -0.39 is 32.5 Å². The fourth-order valence-electron chi connectivity index (χ4n) is 3.83. The molecule has 0 fully saturated rings. The lowest BCUT2D eigenvalue weighted by Crippen LogP contribution is -2.40. The third kappa shape index (κ3) is 8.69. The summed E-state index contributed by atoms with van der Waals surface area (Å²) in [5.74, 6) is -0.0352. The number of sulfonamides is 2. The first-order chi connectivity index (χ1) is 20.0. The van der Waals surface area contributed by atoms with Crippen molar-refractivity contribution in [1.82, 2.24) is 14.5 Å². The molecule has 1 heterocycles. The van der Waals surface area contributed by atoms with Gasteiger partial charge in [-0.2, -0.15) is 9.41 Å². The minimum absolute atomic E-state index is 0.0659. The summed E-state index contributed by atoms with van der Waals surface area (Å²) in [5.41, 5.74) is 4.21. The Bertz CT molecular complexity index is 1740. The molecule has 0 unspecified atom stereocenters. The van der Waals surface area contributed by atoms with Crippen molar-refractivity contribution in [1.29, 1.82) is 0 Å². The number of hydrogen-bond donors (Lipinski definition) is 2. The van der Waals surface area contributed by atoms with Crippen molar-refractivity contribution in [3.05, 3.63) is 118 Å². The van der Waals surface area contributed by atoms with Gasteiger partial charge in [-0.3, -0.25) is 4.79 Å². The Kier molecular flexibility index (Phi) is 10.5. The van der Waals surface area contributed by atoms with E-state index in [1.165, 1.54) is 30.5 Å². The molecule has 4 aromatic rings. The lowest BCUT2D eigenvalue weighted by atomic mass is 10.1. The SMILES string of the molecule is Cc1ccc(S(=O)(=O)NCc2ccc(/C=N\NC(=O)CN(CCc3ccccc3)S(=O)(=O)c3ccc(Br)cc3)o2)cc1. The maximum absolute atomic E-state index is 13.4. The number of aryl methyl sites for hydroxylation is 1. The topological polar surface area (TPSA) is 138 Å². The van der Waals surface area contributed by atoms with Crippen LogP contribution in [0.2, 0.25) is 0 Å². The van der Waals surface area contributed by atoms with E-state index in [9.17, 15) is 21.6 Å². The zero-order chi connectivity index (χ0) is 30.2. The van der Waals surface area contributed by atoms with E-state index in [2.05, 4.69) is 31.2 Å². The van der Waals surface area contributed by atoms with Gasteiger partial charge in [0.25, 0.3) is 5.91 Å². The van der Waals surface area contributed by atoms with Crippen LogP contribution in [0, 0.1) is 6.92 Å². The van der Waals surface area contributed by atoms with Crippen LogP contribution in [-0.2, 0) is 37.8 Å². The van der Waals surface area contributed by atoms with E-state index >= 15 is 0 Å². The fraction of sp³-hybridized carbons (Fsp3) is 0.172. The molecule has 1 amide bonds. The van der Waals surface area contributed by atoms with Gasteiger partial charge in [0.2, 0.25) is 20.0 Å². The standard InChI is InChI=1S/C29H29BrN4O6S2/c1-22-7-13-27(14-8-22)41(36,37)32-20-26-12-11-25(40-26)19-31-33-29(35)21-34(18-17-23-5-3-2-4-6-23)42(38,39)28-15-9-24(30)10-16-28/h2-16,19,32H,17-18,20-21H2,1H3,(H,33,35)/b31-19-. The Labute approximate surface area is 253 Å². The number of amides is 1. The summed E-state index contributed by atoms with van der Waals surface area (Å²) in [5, 5.41) is 3.87. The molecule has 0 aliphatic rings. The highest BCUT2D eigenvalue weighted by molar-refractivity contribution is 9.10. The van der Waals surface area contributed by atoms with Gasteiger partial charge in [-0.1, -0.05) is 64.0 Å². The van der Waals surface area contributed by atoms with E-state index in [4.69, 9.17) is 4.42 Å². The summed E-state index contributed by atoms with van der Waals surface area (Å²) in [6.07, 6.45) is 1.66. The van der Waals surface area contributed by atoms with Crippen LogP contribution in [-0.4, -0.2) is 46.4 Å². The molecule has 2 N–H and O–H groups in total. The van der Waals surface area contributed by atoms with Gasteiger partial charge < -0.3 is 4.42 Å². The van der Waals surface area contributed by atoms with Crippen LogP contribution in [0.1, 0.15) is 22.6 Å². The molecule has 42 heavy (non-hydrogen) atoms. The third-order valence-corrected chi connectivity index (χ3v) is 9.90. The predicted molar refractivity (Wildman–Crippen MR) is 163 cm³/mol. The summed E-state index contributed by atoms with van der Waals surface area (Å²) in [6, 6.07) is 25.2. The molecule has 0 spiro atoms. The van der Waals surface area contributed by atoms with Crippen molar-refractivity contribution < 1.29 is 26.0 Å². The lowest BCUT2D eigenvalue weighted by molar-refractivity contribution is -0.121. The molecule has 0 atom stereocenters. The fourth-order valence-corrected chi connectivity index (χ4v) is 6.48. The third-order valence-electron chi connectivity index (χ3n) is 6.10. The molecule has 1 aromatic heterocycles. The number of halogens is 1. The first-order valence-corrected chi connectivity index (χ1v) is 16.5. The van der Waals surface area contributed by atoms with Crippen molar-refractivity contribution in [3.8, 4) is 0 Å². The van der Waals surface area contributed by atoms with Crippen LogP contribution in [0.4, 0.5) is 0 Å². The van der Waals surface area contributed by atoms with E-state index in [1.54, 1.807) is 36.4 Å². The number of hydrogen-bond acceptors (Lipinski definition) is 7. The smallest absolute Gasteiger partial charge is 0.255 e. The van der Waals surface area contributed by atoms with Gasteiger partial charge in [0.1, 0.15) is 11.5 Å². The van der Waals surface area contributed by atoms with Crippen LogP contribution in [0.3, 0.4) is 0 Å². The normalized spacial score (nSPS) is 12.2. The summed E-state index contributed by atoms with van der Waals surface area (Å²) in [4.78, 5) is 12.9. The van der Waals surface area contributed by atoms with Crippen molar-refractivity contribution in [2.24, 2.45) is 5.10 Å². The maximum atomic E-state index is 13.4. The molecule has 0 saturated heterocycles. The van der Waals surface area contributed by atoms with Gasteiger partial charge in [0.15, 0.2) is 0 Å². The number of nitrogens with zero attached hydrogens (tertiary/aromatic N) is 2. The largest absolute Gasteiger partial charge is 0.459 e. The second-order valence-corrected chi connectivity index (χ2v) is 13.9. The summed E-state index contributed by atoms with van der Waals surface area (Å²) in [6.45, 7) is 1.42. The van der Waals surface area contributed by atoms with Crippen LogP contribution in [0.15, 0.2) is 115 Å². The lowest BCUT2D eigenvalue weighted by Gasteiger charge is -2.21. The van der Waals surface area contributed by atoms with Crippen molar-refractivity contribution in [2.75, 3.05) is 13.1 Å². The second-order valence-electron chi connectivity index (χ2n) is 9.26. The Morgan fingerprint density at radius 2 is 1.57 bits per heavy atom. The van der Waals surface area contributed by atoms with Gasteiger partial charge in [-0.25, -0.2) is 27.0 Å². The molecule has 0 bridgehead atoms. The highest BCUT2D eigenvalue weighted by Crippen LogP contribution is 2.19. The van der Waals surface area contributed by atoms with Crippen LogP contribution in [0.25, 0.3) is 0 Å². The summed E-state index contributed by atoms with van der Waals surface area (Å²) in [7, 11) is -7.69. The molecular weight excluding hydrogens is 644 g/mol. The van der Waals surface area contributed by atoms with E-state index in [-0.39, 0.29) is 28.6 Å². The van der Waals surface area contributed by atoms with Crippen LogP contribution in [0.5, 0.6) is 0 Å². The highest BCUT2D eigenvalue weighted by Gasteiger charge is 2.26. The Balaban J connectivity index is 1.36. The average molecular weight is 674 g/mol. The van der Waals surface area contributed by atoms with Gasteiger partial charge in [-0.15, -0.1) is 0 Å². The first-order valence-electron chi connectivity index (χ1n) is 12.8. The molecule has 0 aliphatic carbocycles. The quantitative estimate of drug-likeness (QED) is 0.161. The predicted octanol–water partition coefficient (Wildman–Crippen LogP) is 4.21. The summed E-state index contributed by atoms with van der Waals surface area (Å²) < 4.78 is 61.6. The maximum Gasteiger partial charge on any atom is 0.255 e. The second kappa shape index (κ2) is 14.0. The first kappa shape index (κ1) is 31.3. The number of carbonyl (C=O) groups excluding carboxylic acids is 1. The van der Waals surface area contributed by atoms with E-state index in [0.29, 0.717) is 12.2 Å². The molecular formula is C29H29BrN4O6S2. The zero-order valence-corrected chi connectivity index (χ0v) is 25.8. The molecule has 13 heteroatoms. The molecule has 4 rings (SSSR count). The van der Waals surface area contributed by atoms with Crippen LogP contribution < -0.4 is 10.1 Å². The Hall–Kier alpha value is -3.62. The minimum Gasteiger partial charge on any atom is -0.459 e. The van der Waals surface area contributed by atoms with Gasteiger partial charge in [0.05, 0.1) is 29.1 Å². The van der Waals surface area contributed by atoms with Gasteiger partial charge in [0, 0.05) is 11.0 Å². The summed E-state index contributed by atoms with van der Waals surface area (Å²) >= 11 is 3.30. The van der Waals surface area contributed by atoms with Crippen LogP contribution >= 0.6 is 15.9 Å². The number of benzene rings is 3. The number of furan rings is 1. The Morgan fingerprint density at radius 3 is 2.26 bits per heavy atom. The monoisotopic (exact) mass is 672 g/mol. The number of rotatable bonds is 13. The molecule has 220 valence electrons. The van der Waals surface area contributed by atoms with Crippen molar-refractivity contribution in [3.63, 3.8) is 0 Å². The minimum atomic E-state index is -3.97. The zero-order valence-electron chi connectivity index (χ0n) is 22.6. The average Bonchev–Trinajstić information content (AvgIpc) is 3.43. The number of nitrogens with one attached hydrogen (secondary N) is 2. The van der Waals surface area contributed by atoms with Crippen molar-refractivity contribution in [2.45, 2.75) is 29.7 Å². The highest BCUT2D eigenvalue weighted by atomic mass is 79.9. The van der Waals surface area contributed by atoms with Crippen molar-refractivity contribution >= 4 is 48.1 Å². The Morgan fingerprint density at radius 1 is 0.905 bits per heavy atom. The molecule has 0 saturated carbocycles. The van der Waals surface area contributed by atoms with Gasteiger partial charge in [-0.05, 0) is 67.4 Å². The number of hydrazone groups is 1. The van der Waals surface area contributed by atoms with E-state index in [1.807, 2.05) is 37.3 Å². The molecule has 0 radical (unpaired) electrons.